The number of hydrogen-bond donors (Lipinski definition) is 10. The Balaban J connectivity index is 0.986. The standard InChI is InChI=1S/C48H78O21S/c1-21(2)9-12-29-46(8,57)39-23-10-11-27-44(6)15-14-28(43(4,5)26(44)13-16-45(27,7)47(23)19-48(39,68-29)61-20-47)65-42-38(67-40-34(55)32(53)30(51)22(3)62-40)37(31(52)24(17-49)63-42)66-41-35(56)33(54)36(25(18-50)64-41)69-70(58,59)60/h9,22-42,49-57H,10-20H2,1-8H3,(H,58,59,60)/t22-,23+,24+,25+,26-,27+,28-,29+,30-,31-,32+,33+,34+,35+,36+,37-,38+,39-,40-,41-,42-,44-,45+,46-,47-,48-/m0/s1. The van der Waals surface area contributed by atoms with E-state index in [0.29, 0.717) is 25.4 Å². The first-order valence-corrected chi connectivity index (χ1v) is 26.5. The lowest BCUT2D eigenvalue weighted by Crippen LogP contribution is -2.68. The van der Waals surface area contributed by atoms with Crippen LogP contribution in [0.25, 0.3) is 0 Å². The van der Waals surface area contributed by atoms with Gasteiger partial charge in [0.05, 0.1) is 43.7 Å². The SMILES string of the molecule is CC(C)=CC[C@H]1O[C@]23C[C@]4(CO2)[C@H](CC[C@@H]2[C@@]5(C)CC[C@H](O[C@@H]6O[C@H](CO)[C@H](O)[C@H](O[C@@H]7O[C@H](CO)[C@@H](OS(=O)(=O)O)[C@H](O)[C@H]7O)[C@H]6O[C@@H]6O[C@@H](C)[C@H](O)[C@@H](O)[C@H]6O)C(C)(C)[C@@H]5CC[C@]24C)[C@H]3[C@@]1(C)O. The van der Waals surface area contributed by atoms with Gasteiger partial charge in [-0.05, 0) is 107 Å². The van der Waals surface area contributed by atoms with Gasteiger partial charge in [0.15, 0.2) is 24.7 Å². The van der Waals surface area contributed by atoms with Gasteiger partial charge in [-0.2, -0.15) is 8.42 Å². The number of aliphatic hydroxyl groups is 9. The average molecular weight is 1020 g/mol. The van der Waals surface area contributed by atoms with Gasteiger partial charge in [0, 0.05) is 17.8 Å². The Morgan fingerprint density at radius 1 is 0.714 bits per heavy atom. The van der Waals surface area contributed by atoms with E-state index < -0.39 is 139 Å². The number of ether oxygens (including phenoxy) is 8. The molecule has 5 heterocycles. The number of hydrogen-bond acceptors (Lipinski definition) is 20. The third-order valence-corrected chi connectivity index (χ3v) is 20.0. The summed E-state index contributed by atoms with van der Waals surface area (Å²) in [5.74, 6) is -0.328. The highest BCUT2D eigenvalue weighted by molar-refractivity contribution is 7.80. The van der Waals surface area contributed by atoms with E-state index in [4.69, 9.17) is 37.9 Å². The van der Waals surface area contributed by atoms with Crippen LogP contribution < -0.4 is 0 Å². The first kappa shape index (κ1) is 53.7. The van der Waals surface area contributed by atoms with Crippen molar-refractivity contribution in [3.8, 4) is 0 Å². The normalized spacial score (nSPS) is 55.0. The van der Waals surface area contributed by atoms with Crippen LogP contribution in [0.3, 0.4) is 0 Å². The molecular formula is C48H78O21S. The molecule has 2 bridgehead atoms. The van der Waals surface area contributed by atoms with Gasteiger partial charge in [-0.15, -0.1) is 0 Å². The number of allylic oxidation sites excluding steroid dienone is 1. The molecule has 70 heavy (non-hydrogen) atoms. The fraction of sp³-hybridized carbons (Fsp3) is 0.958. The molecule has 5 aliphatic heterocycles. The van der Waals surface area contributed by atoms with E-state index in [1.165, 1.54) is 12.5 Å². The summed E-state index contributed by atoms with van der Waals surface area (Å²) in [5.41, 5.74) is -0.923. The van der Waals surface area contributed by atoms with E-state index in [0.717, 1.165) is 38.5 Å². The van der Waals surface area contributed by atoms with E-state index in [9.17, 15) is 58.9 Å². The van der Waals surface area contributed by atoms with Gasteiger partial charge < -0.3 is 83.9 Å². The van der Waals surface area contributed by atoms with Crippen molar-refractivity contribution in [3.05, 3.63) is 11.6 Å². The highest BCUT2D eigenvalue weighted by Gasteiger charge is 2.82. The second kappa shape index (κ2) is 18.6. The Bertz CT molecular complexity index is 2050. The molecule has 402 valence electrons. The van der Waals surface area contributed by atoms with Crippen LogP contribution >= 0.6 is 0 Å². The van der Waals surface area contributed by atoms with Crippen molar-refractivity contribution in [1.29, 1.82) is 0 Å². The molecule has 9 rings (SSSR count). The van der Waals surface area contributed by atoms with Gasteiger partial charge in [0.25, 0.3) is 0 Å². The van der Waals surface area contributed by atoms with Gasteiger partial charge in [0.2, 0.25) is 0 Å². The van der Waals surface area contributed by atoms with Crippen LogP contribution in [0, 0.1) is 45.3 Å². The largest absolute Gasteiger partial charge is 0.397 e. The molecule has 2 spiro atoms. The maximum absolute atomic E-state index is 12.3. The summed E-state index contributed by atoms with van der Waals surface area (Å²) >= 11 is 0. The van der Waals surface area contributed by atoms with Crippen LogP contribution in [0.2, 0.25) is 0 Å². The summed E-state index contributed by atoms with van der Waals surface area (Å²) in [4.78, 5) is 0. The first-order valence-electron chi connectivity index (χ1n) is 25.2. The molecule has 10 N–H and O–H groups in total. The van der Waals surface area contributed by atoms with Crippen molar-refractivity contribution in [3.63, 3.8) is 0 Å². The lowest BCUT2D eigenvalue weighted by atomic mass is 9.35. The smallest absolute Gasteiger partial charge is 0.394 e. The summed E-state index contributed by atoms with van der Waals surface area (Å²) in [7, 11) is -5.22. The predicted molar refractivity (Wildman–Crippen MR) is 240 cm³/mol. The number of aliphatic hydroxyl groups excluding tert-OH is 8. The van der Waals surface area contributed by atoms with Crippen molar-refractivity contribution in [2.75, 3.05) is 19.8 Å². The van der Waals surface area contributed by atoms with Crippen molar-refractivity contribution >= 4 is 10.4 Å². The Hall–Kier alpha value is -1.07. The molecule has 9 aliphatic rings. The van der Waals surface area contributed by atoms with Gasteiger partial charge >= 0.3 is 10.4 Å². The Morgan fingerprint density at radius 3 is 2.01 bits per heavy atom. The highest BCUT2D eigenvalue weighted by atomic mass is 32.3. The van der Waals surface area contributed by atoms with Gasteiger partial charge in [-0.1, -0.05) is 39.3 Å². The third-order valence-electron chi connectivity index (χ3n) is 19.5. The summed E-state index contributed by atoms with van der Waals surface area (Å²) in [5, 5.41) is 99.5. The van der Waals surface area contributed by atoms with Crippen LogP contribution in [0.1, 0.15) is 107 Å². The molecule has 0 radical (unpaired) electrons. The molecule has 4 saturated carbocycles. The summed E-state index contributed by atoms with van der Waals surface area (Å²) < 4.78 is 88.0. The van der Waals surface area contributed by atoms with Gasteiger partial charge in [-0.25, -0.2) is 4.18 Å². The third kappa shape index (κ3) is 8.33. The molecule has 21 nitrogen and oxygen atoms in total. The van der Waals surface area contributed by atoms with Crippen molar-refractivity contribution in [2.45, 2.75) is 222 Å². The Kier molecular flexibility index (Phi) is 14.3. The van der Waals surface area contributed by atoms with Crippen LogP contribution in [0.4, 0.5) is 0 Å². The van der Waals surface area contributed by atoms with E-state index in [2.05, 4.69) is 51.8 Å². The zero-order valence-corrected chi connectivity index (χ0v) is 42.2. The minimum Gasteiger partial charge on any atom is -0.394 e. The maximum Gasteiger partial charge on any atom is 0.397 e. The second-order valence-corrected chi connectivity index (χ2v) is 24.8. The van der Waals surface area contributed by atoms with Gasteiger partial charge in [-0.3, -0.25) is 4.55 Å². The van der Waals surface area contributed by atoms with E-state index >= 15 is 0 Å². The van der Waals surface area contributed by atoms with Crippen LogP contribution in [-0.2, 0) is 52.5 Å². The molecule has 22 heteroatoms. The number of rotatable bonds is 12. The fourth-order valence-corrected chi connectivity index (χ4v) is 16.6. The lowest BCUT2D eigenvalue weighted by molar-refractivity contribution is -0.398. The van der Waals surface area contributed by atoms with Crippen LogP contribution in [-0.4, -0.2) is 194 Å². The zero-order valence-electron chi connectivity index (χ0n) is 41.4. The monoisotopic (exact) mass is 1020 g/mol. The highest BCUT2D eigenvalue weighted by Crippen LogP contribution is 2.81. The molecule has 26 atom stereocenters. The van der Waals surface area contributed by atoms with Crippen molar-refractivity contribution in [1.82, 2.24) is 0 Å². The van der Waals surface area contributed by atoms with Crippen molar-refractivity contribution in [2.24, 2.45) is 45.3 Å². The first-order chi connectivity index (χ1) is 32.6. The Labute approximate surface area is 409 Å². The zero-order chi connectivity index (χ0) is 51.1. The molecule has 0 aromatic carbocycles. The quantitative estimate of drug-likeness (QED) is 0.0708. The fourth-order valence-electron chi connectivity index (χ4n) is 16.1. The van der Waals surface area contributed by atoms with Gasteiger partial charge in [0.1, 0.15) is 67.1 Å². The molecule has 0 unspecified atom stereocenters. The van der Waals surface area contributed by atoms with E-state index in [-0.39, 0.29) is 40.1 Å². The maximum atomic E-state index is 12.3. The lowest BCUT2D eigenvalue weighted by Gasteiger charge is -2.70. The molecule has 0 aromatic heterocycles. The predicted octanol–water partition coefficient (Wildman–Crippen LogP) is 0.182. The van der Waals surface area contributed by atoms with Crippen LogP contribution in [0.15, 0.2) is 11.6 Å². The molecule has 9 fully saturated rings. The molecule has 0 amide bonds. The van der Waals surface area contributed by atoms with Crippen LogP contribution in [0.5, 0.6) is 0 Å². The second-order valence-electron chi connectivity index (χ2n) is 23.8. The minimum atomic E-state index is -5.22. The molecule has 5 saturated heterocycles. The van der Waals surface area contributed by atoms with E-state index in [1.54, 1.807) is 0 Å². The van der Waals surface area contributed by atoms with E-state index in [1.807, 2.05) is 6.92 Å². The molecular weight excluding hydrogens is 945 g/mol. The topological polar surface area (TPSA) is 320 Å². The average Bonchev–Trinajstić information content (AvgIpc) is 3.89. The summed E-state index contributed by atoms with van der Waals surface area (Å²) in [6.45, 7) is 15.5. The summed E-state index contributed by atoms with van der Waals surface area (Å²) in [6.07, 6.45) is -18.4. The molecule has 0 aromatic rings. The van der Waals surface area contributed by atoms with Crippen molar-refractivity contribution < 1.29 is 101 Å². The minimum absolute atomic E-state index is 0.116. The Morgan fingerprint density at radius 2 is 1.36 bits per heavy atom. The number of fused-ring (bicyclic) bond motifs is 4. The summed E-state index contributed by atoms with van der Waals surface area (Å²) in [6, 6.07) is 0. The molecule has 4 aliphatic carbocycles.